The van der Waals surface area contributed by atoms with Gasteiger partial charge in [0.25, 0.3) is 0 Å². The van der Waals surface area contributed by atoms with E-state index in [9.17, 15) is 9.00 Å². The van der Waals surface area contributed by atoms with E-state index in [1.165, 1.54) is 0 Å². The number of urea groups is 1. The molecule has 6 heteroatoms. The second kappa shape index (κ2) is 7.45. The molecule has 0 aliphatic rings. The molecule has 1 aromatic rings. The topological polar surface area (TPSA) is 52.7 Å². The molecule has 0 bridgehead atoms. The first kappa shape index (κ1) is 17.5. The number of carbonyl (C=O) groups excluding carboxylic acids is 1. The summed E-state index contributed by atoms with van der Waals surface area (Å²) in [5.74, 6) is 0.473. The third kappa shape index (κ3) is 4.74. The summed E-state index contributed by atoms with van der Waals surface area (Å²) in [7, 11) is 4.74. The van der Waals surface area contributed by atoms with E-state index in [-0.39, 0.29) is 12.1 Å². The molecule has 2 unspecified atom stereocenters. The molecular weight excluding hydrogens is 286 g/mol. The summed E-state index contributed by atoms with van der Waals surface area (Å²) in [5, 5.41) is 2.92. The minimum absolute atomic E-state index is 0.0758. The highest BCUT2D eigenvalue weighted by atomic mass is 32.2. The van der Waals surface area contributed by atoms with E-state index in [2.05, 4.69) is 5.32 Å². The highest BCUT2D eigenvalue weighted by molar-refractivity contribution is 7.84. The zero-order valence-electron chi connectivity index (χ0n) is 13.6. The zero-order valence-corrected chi connectivity index (χ0v) is 14.5. The lowest BCUT2D eigenvalue weighted by atomic mass is 10.1. The van der Waals surface area contributed by atoms with Gasteiger partial charge in [0.05, 0.1) is 0 Å². The van der Waals surface area contributed by atoms with Crippen LogP contribution < -0.4 is 10.2 Å². The number of carbonyl (C=O) groups is 1. The Morgan fingerprint density at radius 3 is 2.48 bits per heavy atom. The number of nitrogens with one attached hydrogen (secondary N) is 1. The number of anilines is 2. The maximum Gasteiger partial charge on any atom is 0.321 e. The van der Waals surface area contributed by atoms with Crippen molar-refractivity contribution in [3.8, 4) is 0 Å². The second-order valence-electron chi connectivity index (χ2n) is 5.47. The van der Waals surface area contributed by atoms with Crippen molar-refractivity contribution in [1.82, 2.24) is 4.90 Å². The second-order valence-corrected chi connectivity index (χ2v) is 6.95. The van der Waals surface area contributed by atoms with E-state index in [1.54, 1.807) is 18.2 Å². The van der Waals surface area contributed by atoms with Crippen molar-refractivity contribution in [2.45, 2.75) is 19.9 Å². The van der Waals surface area contributed by atoms with Gasteiger partial charge in [-0.2, -0.15) is 0 Å². The van der Waals surface area contributed by atoms with Crippen LogP contribution in [0.4, 0.5) is 16.2 Å². The van der Waals surface area contributed by atoms with E-state index >= 15 is 0 Å². The molecule has 0 aromatic heterocycles. The number of benzene rings is 1. The molecule has 0 aliphatic carbocycles. The molecule has 0 saturated heterocycles. The van der Waals surface area contributed by atoms with Crippen LogP contribution in [0.3, 0.4) is 0 Å². The van der Waals surface area contributed by atoms with Crippen molar-refractivity contribution in [3.05, 3.63) is 23.8 Å². The van der Waals surface area contributed by atoms with Gasteiger partial charge in [0, 0.05) is 61.4 Å². The van der Waals surface area contributed by atoms with Crippen LogP contribution in [0.1, 0.15) is 12.5 Å². The Bertz CT molecular complexity index is 532. The fourth-order valence-corrected chi connectivity index (χ4v) is 3.00. The van der Waals surface area contributed by atoms with Crippen molar-refractivity contribution in [2.75, 3.05) is 43.4 Å². The van der Waals surface area contributed by atoms with Crippen LogP contribution in [0.2, 0.25) is 0 Å². The Balaban J connectivity index is 2.84. The van der Waals surface area contributed by atoms with Gasteiger partial charge in [-0.05, 0) is 31.5 Å². The van der Waals surface area contributed by atoms with Crippen LogP contribution in [-0.2, 0) is 10.8 Å². The van der Waals surface area contributed by atoms with E-state index in [0.29, 0.717) is 5.75 Å². The van der Waals surface area contributed by atoms with Gasteiger partial charge >= 0.3 is 6.03 Å². The summed E-state index contributed by atoms with van der Waals surface area (Å²) in [6.07, 6.45) is 1.65. The minimum atomic E-state index is -0.922. The smallest absolute Gasteiger partial charge is 0.321 e. The average Bonchev–Trinajstić information content (AvgIpc) is 2.38. The first-order chi connectivity index (χ1) is 9.73. The molecular formula is C15H25N3O2S. The number of hydrogen-bond acceptors (Lipinski definition) is 3. The summed E-state index contributed by atoms with van der Waals surface area (Å²) >= 11 is 0. The largest absolute Gasteiger partial charge is 0.377 e. The summed E-state index contributed by atoms with van der Waals surface area (Å²) in [4.78, 5) is 15.9. The van der Waals surface area contributed by atoms with Gasteiger partial charge < -0.3 is 15.1 Å². The summed E-state index contributed by atoms with van der Waals surface area (Å²) in [6.45, 7) is 3.87. The first-order valence-electron chi connectivity index (χ1n) is 6.84. The maximum atomic E-state index is 12.3. The van der Waals surface area contributed by atoms with Crippen molar-refractivity contribution in [2.24, 2.45) is 0 Å². The molecule has 0 heterocycles. The molecule has 1 aromatic carbocycles. The van der Waals surface area contributed by atoms with Gasteiger partial charge in [-0.1, -0.05) is 6.07 Å². The van der Waals surface area contributed by atoms with Gasteiger partial charge in [-0.3, -0.25) is 4.21 Å². The molecule has 0 aliphatic heterocycles. The molecule has 21 heavy (non-hydrogen) atoms. The maximum absolute atomic E-state index is 12.3. The Morgan fingerprint density at radius 2 is 1.95 bits per heavy atom. The highest BCUT2D eigenvalue weighted by Crippen LogP contribution is 2.25. The van der Waals surface area contributed by atoms with E-state index in [4.69, 9.17) is 0 Å². The molecule has 2 amide bonds. The molecule has 0 spiro atoms. The number of nitrogens with zero attached hydrogens (tertiary/aromatic N) is 2. The predicted octanol–water partition coefficient (Wildman–Crippen LogP) is 2.29. The number of hydrogen-bond donors (Lipinski definition) is 1. The third-order valence-electron chi connectivity index (χ3n) is 3.49. The Kier molecular flexibility index (Phi) is 6.20. The van der Waals surface area contributed by atoms with Crippen LogP contribution in [-0.4, -0.2) is 54.3 Å². The van der Waals surface area contributed by atoms with Crippen LogP contribution in [0.25, 0.3) is 0 Å². The number of rotatable bonds is 5. The third-order valence-corrected chi connectivity index (χ3v) is 4.44. The van der Waals surface area contributed by atoms with Crippen molar-refractivity contribution in [3.63, 3.8) is 0 Å². The fourth-order valence-electron chi connectivity index (χ4n) is 2.10. The molecule has 0 radical (unpaired) electrons. The van der Waals surface area contributed by atoms with Gasteiger partial charge in [0.1, 0.15) is 0 Å². The average molecular weight is 311 g/mol. The Morgan fingerprint density at radius 1 is 1.33 bits per heavy atom. The van der Waals surface area contributed by atoms with Crippen LogP contribution in [0.5, 0.6) is 0 Å². The monoisotopic (exact) mass is 311 g/mol. The first-order valence-corrected chi connectivity index (χ1v) is 8.57. The summed E-state index contributed by atoms with van der Waals surface area (Å²) < 4.78 is 11.3. The van der Waals surface area contributed by atoms with Crippen LogP contribution in [0.15, 0.2) is 18.2 Å². The molecule has 2 atom stereocenters. The molecule has 1 rings (SSSR count). The SMILES string of the molecule is Cc1c(NC(=O)N(C)C(C)CS(C)=O)cccc1N(C)C. The molecule has 118 valence electrons. The minimum Gasteiger partial charge on any atom is -0.377 e. The lowest BCUT2D eigenvalue weighted by Gasteiger charge is -2.25. The normalized spacial score (nSPS) is 13.4. The summed E-state index contributed by atoms with van der Waals surface area (Å²) in [5.41, 5.74) is 2.89. The zero-order chi connectivity index (χ0) is 16.2. The lowest BCUT2D eigenvalue weighted by Crippen LogP contribution is -2.41. The molecule has 0 saturated carbocycles. The van der Waals surface area contributed by atoms with E-state index in [1.807, 2.05) is 51.0 Å². The fraction of sp³-hybridized carbons (Fsp3) is 0.533. The van der Waals surface area contributed by atoms with E-state index < -0.39 is 10.8 Å². The number of amides is 2. The van der Waals surface area contributed by atoms with Gasteiger partial charge in [0.2, 0.25) is 0 Å². The highest BCUT2D eigenvalue weighted by Gasteiger charge is 2.18. The predicted molar refractivity (Wildman–Crippen MR) is 90.7 cm³/mol. The van der Waals surface area contributed by atoms with Gasteiger partial charge in [-0.15, -0.1) is 0 Å². The van der Waals surface area contributed by atoms with Crippen LogP contribution in [0, 0.1) is 6.92 Å². The molecule has 5 nitrogen and oxygen atoms in total. The molecule has 0 fully saturated rings. The van der Waals surface area contributed by atoms with Crippen LogP contribution >= 0.6 is 0 Å². The lowest BCUT2D eigenvalue weighted by molar-refractivity contribution is 0.212. The Labute approximate surface area is 129 Å². The van der Waals surface area contributed by atoms with Crippen molar-refractivity contribution in [1.29, 1.82) is 0 Å². The molecule has 1 N–H and O–H groups in total. The standard InChI is InChI=1S/C15H25N3O2S/c1-11(10-21(6)20)18(5)15(19)16-13-8-7-9-14(12(13)2)17(3)4/h7-9,11H,10H2,1-6H3,(H,16,19). The van der Waals surface area contributed by atoms with Crippen molar-refractivity contribution < 1.29 is 9.00 Å². The van der Waals surface area contributed by atoms with Gasteiger partial charge in [-0.25, -0.2) is 4.79 Å². The Hall–Kier alpha value is -1.56. The van der Waals surface area contributed by atoms with Crippen molar-refractivity contribution >= 4 is 28.2 Å². The van der Waals surface area contributed by atoms with E-state index in [0.717, 1.165) is 16.9 Å². The quantitative estimate of drug-likeness (QED) is 0.908. The summed E-state index contributed by atoms with van der Waals surface area (Å²) in [6, 6.07) is 5.55. The van der Waals surface area contributed by atoms with Gasteiger partial charge in [0.15, 0.2) is 0 Å².